The van der Waals surface area contributed by atoms with Crippen LogP contribution in [0.25, 0.3) is 0 Å². The van der Waals surface area contributed by atoms with E-state index in [0.29, 0.717) is 12.5 Å². The highest BCUT2D eigenvalue weighted by Gasteiger charge is 2.39. The Morgan fingerprint density at radius 1 is 1.02 bits per heavy atom. The Balaban J connectivity index is 1.22. The van der Waals surface area contributed by atoms with Gasteiger partial charge < -0.3 is 15.5 Å². The Morgan fingerprint density at radius 2 is 1.63 bits per heavy atom. The number of alkyl halides is 3. The van der Waals surface area contributed by atoms with E-state index in [9.17, 15) is 28.1 Å². The van der Waals surface area contributed by atoms with Gasteiger partial charge in [0, 0.05) is 48.5 Å². The molecule has 0 radical (unpaired) electrons. The molecule has 0 bridgehead atoms. The zero-order valence-corrected chi connectivity index (χ0v) is 24.3. The second kappa shape index (κ2) is 11.9. The average molecular weight is 575 g/mol. The molecule has 0 aromatic heterocycles. The summed E-state index contributed by atoms with van der Waals surface area (Å²) in [5, 5.41) is 17.3. The molecule has 1 saturated heterocycles. The smallest absolute Gasteiger partial charge is 0.382 e. The minimum Gasteiger partial charge on any atom is -0.382 e. The van der Waals surface area contributed by atoms with Crippen LogP contribution in [0.1, 0.15) is 77.3 Å². The quantitative estimate of drug-likeness (QED) is 0.268. The number of benzene rings is 2. The Hall–Kier alpha value is -3.30. The number of carbonyl (C=O) groups is 1. The summed E-state index contributed by atoms with van der Waals surface area (Å²) in [4.78, 5) is 25.5. The maximum atomic E-state index is 13.3. The lowest BCUT2D eigenvalue weighted by atomic mass is 9.79. The molecule has 1 aliphatic carbocycles. The van der Waals surface area contributed by atoms with E-state index in [-0.39, 0.29) is 23.1 Å². The van der Waals surface area contributed by atoms with Crippen molar-refractivity contribution in [2.24, 2.45) is 11.3 Å². The third-order valence-corrected chi connectivity index (χ3v) is 8.78. The molecule has 7 nitrogen and oxygen atoms in total. The molecule has 2 N–H and O–H groups in total. The molecule has 41 heavy (non-hydrogen) atoms. The van der Waals surface area contributed by atoms with Crippen LogP contribution in [0, 0.1) is 21.4 Å². The van der Waals surface area contributed by atoms with Crippen LogP contribution in [-0.2, 0) is 16.4 Å². The Bertz CT molecular complexity index is 1220. The van der Waals surface area contributed by atoms with Gasteiger partial charge in [-0.1, -0.05) is 39.8 Å². The molecule has 224 valence electrons. The number of halogens is 3. The predicted molar refractivity (Wildman–Crippen MR) is 155 cm³/mol. The number of piperidine rings is 1. The lowest BCUT2D eigenvalue weighted by Gasteiger charge is -2.40. The third-order valence-electron chi connectivity index (χ3n) is 8.78. The first kappa shape index (κ1) is 30.7. The van der Waals surface area contributed by atoms with Crippen molar-refractivity contribution >= 4 is 23.0 Å². The number of hydrogen-bond donors (Lipinski definition) is 2. The van der Waals surface area contributed by atoms with Crippen LogP contribution in [0.5, 0.6) is 0 Å². The SMILES string of the molecule is CC1(C(=O)NCC2CCC(Nc3ccc([N+](=O)[O-])c(C(F)(F)F)c3)CC2)CCN(c2ccc(C(C)(C)C)cc2)CC1. The van der Waals surface area contributed by atoms with Crippen LogP contribution >= 0.6 is 0 Å². The molecule has 1 amide bonds. The molecule has 0 unspecified atom stereocenters. The topological polar surface area (TPSA) is 87.5 Å². The minimum atomic E-state index is -4.80. The molecule has 1 saturated carbocycles. The van der Waals surface area contributed by atoms with Crippen LogP contribution in [0.2, 0.25) is 0 Å². The number of carbonyl (C=O) groups excluding carboxylic acids is 1. The molecule has 0 atom stereocenters. The monoisotopic (exact) mass is 574 g/mol. The fraction of sp³-hybridized carbons (Fsp3) is 0.581. The van der Waals surface area contributed by atoms with Gasteiger partial charge in [0.2, 0.25) is 5.91 Å². The van der Waals surface area contributed by atoms with Gasteiger partial charge in [0.05, 0.1) is 4.92 Å². The van der Waals surface area contributed by atoms with Gasteiger partial charge in [0.15, 0.2) is 0 Å². The fourth-order valence-electron chi connectivity index (χ4n) is 5.87. The molecule has 2 aromatic carbocycles. The van der Waals surface area contributed by atoms with Gasteiger partial charge in [-0.25, -0.2) is 0 Å². The van der Waals surface area contributed by atoms with Crippen LogP contribution in [-0.4, -0.2) is 36.5 Å². The van der Waals surface area contributed by atoms with E-state index < -0.39 is 27.8 Å². The van der Waals surface area contributed by atoms with E-state index in [1.807, 2.05) is 6.92 Å². The third kappa shape index (κ3) is 7.51. The summed E-state index contributed by atoms with van der Waals surface area (Å²) in [5.74, 6) is 0.399. The molecule has 10 heteroatoms. The summed E-state index contributed by atoms with van der Waals surface area (Å²) >= 11 is 0. The molecule has 2 aromatic rings. The Kier molecular flexibility index (Phi) is 8.90. The lowest BCUT2D eigenvalue weighted by molar-refractivity contribution is -0.388. The average Bonchev–Trinajstić information content (AvgIpc) is 2.92. The fourth-order valence-corrected chi connectivity index (χ4v) is 5.87. The largest absolute Gasteiger partial charge is 0.423 e. The standard InChI is InChI=1S/C31H41F3N4O3/c1-29(2,3)22-7-12-25(13-8-22)37-17-15-30(4,16-18-37)28(39)35-20-21-5-9-23(10-6-21)36-24-11-14-27(38(40)41)26(19-24)31(32,33)34/h7-8,11-14,19,21,23,36H,5-6,9-10,15-18,20H2,1-4H3,(H,35,39). The van der Waals surface area contributed by atoms with Gasteiger partial charge in [0.1, 0.15) is 5.56 Å². The second-order valence-electron chi connectivity index (χ2n) is 12.9. The number of nitro benzene ring substituents is 1. The highest BCUT2D eigenvalue weighted by Crippen LogP contribution is 2.39. The van der Waals surface area contributed by atoms with Gasteiger partial charge in [0.25, 0.3) is 5.69 Å². The van der Waals surface area contributed by atoms with Crippen LogP contribution in [0.4, 0.5) is 30.2 Å². The second-order valence-corrected chi connectivity index (χ2v) is 12.9. The van der Waals surface area contributed by atoms with Crippen molar-refractivity contribution in [2.75, 3.05) is 29.9 Å². The van der Waals surface area contributed by atoms with E-state index in [4.69, 9.17) is 0 Å². The molecule has 2 fully saturated rings. The highest BCUT2D eigenvalue weighted by atomic mass is 19.4. The maximum absolute atomic E-state index is 13.3. The molecule has 0 spiro atoms. The molecular weight excluding hydrogens is 533 g/mol. The molecular formula is C31H41F3N4O3. The van der Waals surface area contributed by atoms with Crippen molar-refractivity contribution in [3.05, 3.63) is 63.7 Å². The van der Waals surface area contributed by atoms with Crippen molar-refractivity contribution in [3.63, 3.8) is 0 Å². The van der Waals surface area contributed by atoms with Crippen LogP contribution in [0.15, 0.2) is 42.5 Å². The molecule has 1 heterocycles. The molecule has 2 aliphatic rings. The van der Waals surface area contributed by atoms with E-state index in [0.717, 1.165) is 63.7 Å². The zero-order chi connectivity index (χ0) is 30.0. The van der Waals surface area contributed by atoms with Gasteiger partial charge in [-0.3, -0.25) is 14.9 Å². The van der Waals surface area contributed by atoms with Crippen molar-refractivity contribution in [3.8, 4) is 0 Å². The zero-order valence-electron chi connectivity index (χ0n) is 24.3. The van der Waals surface area contributed by atoms with E-state index in [2.05, 4.69) is 60.6 Å². The van der Waals surface area contributed by atoms with Crippen molar-refractivity contribution < 1.29 is 22.9 Å². The van der Waals surface area contributed by atoms with Gasteiger partial charge >= 0.3 is 6.18 Å². The van der Waals surface area contributed by atoms with E-state index >= 15 is 0 Å². The maximum Gasteiger partial charge on any atom is 0.423 e. The summed E-state index contributed by atoms with van der Waals surface area (Å²) in [6, 6.07) is 11.7. The number of nitrogens with one attached hydrogen (secondary N) is 2. The van der Waals surface area contributed by atoms with E-state index in [1.165, 1.54) is 17.3 Å². The summed E-state index contributed by atoms with van der Waals surface area (Å²) < 4.78 is 39.9. The first-order valence-corrected chi connectivity index (χ1v) is 14.4. The van der Waals surface area contributed by atoms with Crippen LogP contribution < -0.4 is 15.5 Å². The summed E-state index contributed by atoms with van der Waals surface area (Å²) in [7, 11) is 0. The molecule has 4 rings (SSSR count). The van der Waals surface area contributed by atoms with Crippen LogP contribution in [0.3, 0.4) is 0 Å². The number of anilines is 2. The number of rotatable bonds is 7. The number of nitro groups is 1. The normalized spacial score (nSPS) is 21.3. The van der Waals surface area contributed by atoms with Crippen molar-refractivity contribution in [1.82, 2.24) is 5.32 Å². The Morgan fingerprint density at radius 3 is 2.17 bits per heavy atom. The number of amides is 1. The summed E-state index contributed by atoms with van der Waals surface area (Å²) in [5.41, 5.74) is 0.221. The minimum absolute atomic E-state index is 0.0243. The Labute approximate surface area is 240 Å². The van der Waals surface area contributed by atoms with E-state index in [1.54, 1.807) is 0 Å². The van der Waals surface area contributed by atoms with Gasteiger partial charge in [-0.05, 0) is 79.7 Å². The first-order valence-electron chi connectivity index (χ1n) is 14.4. The predicted octanol–water partition coefficient (Wildman–Crippen LogP) is 7.30. The molecule has 1 aliphatic heterocycles. The first-order chi connectivity index (χ1) is 19.2. The number of hydrogen-bond acceptors (Lipinski definition) is 5. The van der Waals surface area contributed by atoms with Gasteiger partial charge in [-0.2, -0.15) is 13.2 Å². The summed E-state index contributed by atoms with van der Waals surface area (Å²) in [6.45, 7) is 10.9. The summed E-state index contributed by atoms with van der Waals surface area (Å²) in [6.07, 6.45) is -0.0608. The highest BCUT2D eigenvalue weighted by molar-refractivity contribution is 5.82. The lowest BCUT2D eigenvalue weighted by Crippen LogP contribution is -2.48. The number of nitrogens with zero attached hydrogens (tertiary/aromatic N) is 2. The van der Waals surface area contributed by atoms with Crippen molar-refractivity contribution in [1.29, 1.82) is 0 Å². The van der Waals surface area contributed by atoms with Gasteiger partial charge in [-0.15, -0.1) is 0 Å². The van der Waals surface area contributed by atoms with Crippen molar-refractivity contribution in [2.45, 2.75) is 83.9 Å².